The molecule has 0 aliphatic heterocycles. The van der Waals surface area contributed by atoms with Crippen LogP contribution in [0.5, 0.6) is 0 Å². The average Bonchev–Trinajstić information content (AvgIpc) is 2.55. The number of hydrogen-bond acceptors (Lipinski definition) is 0. The first kappa shape index (κ1) is 16.0. The van der Waals surface area contributed by atoms with Gasteiger partial charge in [-0.2, -0.15) is 0 Å². The average molecular weight is 292 g/mol. The van der Waals surface area contributed by atoms with Crippen molar-refractivity contribution in [3.8, 4) is 11.8 Å². The summed E-state index contributed by atoms with van der Waals surface area (Å²) in [5.74, 6) is 6.09. The van der Waals surface area contributed by atoms with Gasteiger partial charge < -0.3 is 0 Å². The molecule has 0 unspecified atom stereocenters. The van der Waals surface area contributed by atoms with Gasteiger partial charge in [-0.3, -0.25) is 0 Å². The summed E-state index contributed by atoms with van der Waals surface area (Å²) in [6.07, 6.45) is 4.53. The van der Waals surface area contributed by atoms with E-state index in [9.17, 15) is 4.39 Å². The van der Waals surface area contributed by atoms with E-state index in [-0.39, 0.29) is 5.83 Å². The summed E-state index contributed by atoms with van der Waals surface area (Å²) in [5, 5.41) is 0. The number of hydrogen-bond donors (Lipinski definition) is 0. The fourth-order valence-electron chi connectivity index (χ4n) is 2.20. The van der Waals surface area contributed by atoms with E-state index in [4.69, 9.17) is 0 Å². The van der Waals surface area contributed by atoms with Crippen LogP contribution in [0.1, 0.15) is 48.9 Å². The maximum Gasteiger partial charge on any atom is 0.126 e. The molecule has 0 spiro atoms. The van der Waals surface area contributed by atoms with Crippen molar-refractivity contribution >= 4 is 5.83 Å². The van der Waals surface area contributed by atoms with Gasteiger partial charge in [0.05, 0.1) is 0 Å². The van der Waals surface area contributed by atoms with E-state index in [1.807, 2.05) is 19.1 Å². The number of benzene rings is 2. The molecule has 2 aromatic rings. The number of halogens is 1. The predicted molar refractivity (Wildman–Crippen MR) is 92.2 cm³/mol. The maximum atomic E-state index is 13.6. The van der Waals surface area contributed by atoms with Crippen LogP contribution in [0.3, 0.4) is 0 Å². The number of allylic oxidation sites excluding steroid dienone is 1. The molecule has 0 heterocycles. The standard InChI is InChI=1S/C21H21F/c1-3-5-17-7-9-18(10-8-17)11-12-19-13-15-20(16-14-19)21(22)6-4-2/h6-10,13-16H,3-5H2,1-2H3/b21-6+. The van der Waals surface area contributed by atoms with Crippen LogP contribution < -0.4 is 0 Å². The highest BCUT2D eigenvalue weighted by Crippen LogP contribution is 2.17. The Morgan fingerprint density at radius 1 is 0.909 bits per heavy atom. The smallest absolute Gasteiger partial charge is 0.126 e. The molecule has 112 valence electrons. The highest BCUT2D eigenvalue weighted by Gasteiger charge is 1.98. The Morgan fingerprint density at radius 3 is 1.95 bits per heavy atom. The molecular formula is C21H21F. The van der Waals surface area contributed by atoms with Gasteiger partial charge in [0.2, 0.25) is 0 Å². The topological polar surface area (TPSA) is 0 Å². The molecule has 0 saturated heterocycles. The molecule has 0 N–H and O–H groups in total. The zero-order chi connectivity index (χ0) is 15.8. The molecule has 0 fully saturated rings. The maximum absolute atomic E-state index is 13.6. The molecule has 0 aliphatic rings. The molecule has 1 heteroatoms. The third-order valence-electron chi connectivity index (χ3n) is 3.39. The van der Waals surface area contributed by atoms with Gasteiger partial charge in [-0.05, 0) is 48.7 Å². The second-order valence-electron chi connectivity index (χ2n) is 5.23. The predicted octanol–water partition coefficient (Wildman–Crippen LogP) is 5.76. The van der Waals surface area contributed by atoms with E-state index in [1.165, 1.54) is 5.56 Å². The Hall–Kier alpha value is -2.33. The van der Waals surface area contributed by atoms with Gasteiger partial charge in [0, 0.05) is 16.7 Å². The molecule has 22 heavy (non-hydrogen) atoms. The lowest BCUT2D eigenvalue weighted by Crippen LogP contribution is -1.83. The molecule has 2 rings (SSSR count). The minimum Gasteiger partial charge on any atom is -0.207 e. The first-order valence-corrected chi connectivity index (χ1v) is 7.80. The van der Waals surface area contributed by atoms with Crippen molar-refractivity contribution in [2.75, 3.05) is 0 Å². The Balaban J connectivity index is 2.09. The summed E-state index contributed by atoms with van der Waals surface area (Å²) in [7, 11) is 0. The second-order valence-corrected chi connectivity index (χ2v) is 5.23. The first-order valence-electron chi connectivity index (χ1n) is 7.80. The van der Waals surface area contributed by atoms with Crippen LogP contribution in [-0.4, -0.2) is 0 Å². The van der Waals surface area contributed by atoms with Gasteiger partial charge in [-0.1, -0.05) is 56.4 Å². The van der Waals surface area contributed by atoms with E-state index < -0.39 is 0 Å². The van der Waals surface area contributed by atoms with Gasteiger partial charge in [-0.15, -0.1) is 0 Å². The fraction of sp³-hybridized carbons (Fsp3) is 0.238. The number of aryl methyl sites for hydroxylation is 1. The fourth-order valence-corrected chi connectivity index (χ4v) is 2.20. The summed E-state index contributed by atoms with van der Waals surface area (Å²) in [4.78, 5) is 0. The SMILES string of the molecule is CC/C=C(/F)c1ccc(C#Cc2ccc(CCC)cc2)cc1. The van der Waals surface area contributed by atoms with E-state index in [1.54, 1.807) is 18.2 Å². The van der Waals surface area contributed by atoms with Gasteiger partial charge in [-0.25, -0.2) is 4.39 Å². The summed E-state index contributed by atoms with van der Waals surface area (Å²) in [5.41, 5.74) is 3.85. The Bertz CT molecular complexity index is 679. The molecule has 0 aromatic heterocycles. The zero-order valence-corrected chi connectivity index (χ0v) is 13.2. The van der Waals surface area contributed by atoms with Gasteiger partial charge >= 0.3 is 0 Å². The summed E-state index contributed by atoms with van der Waals surface area (Å²) in [6, 6.07) is 15.6. The lowest BCUT2D eigenvalue weighted by molar-refractivity contribution is 0.755. The molecule has 0 nitrogen and oxygen atoms in total. The second kappa shape index (κ2) is 8.20. The van der Waals surface area contributed by atoms with E-state index >= 15 is 0 Å². The quantitative estimate of drug-likeness (QED) is 0.628. The minimum absolute atomic E-state index is 0.173. The van der Waals surface area contributed by atoms with Crippen molar-refractivity contribution in [1.82, 2.24) is 0 Å². The molecule has 0 radical (unpaired) electrons. The van der Waals surface area contributed by atoms with Crippen LogP contribution in [0, 0.1) is 11.8 Å². The van der Waals surface area contributed by atoms with Crippen LogP contribution in [0.4, 0.5) is 4.39 Å². The number of rotatable bonds is 4. The van der Waals surface area contributed by atoms with Crippen LogP contribution >= 0.6 is 0 Å². The lowest BCUT2D eigenvalue weighted by atomic mass is 10.1. The molecule has 0 atom stereocenters. The Kier molecular flexibility index (Phi) is 5.98. The van der Waals surface area contributed by atoms with Crippen molar-refractivity contribution in [1.29, 1.82) is 0 Å². The molecule has 0 aliphatic carbocycles. The highest BCUT2D eigenvalue weighted by atomic mass is 19.1. The minimum atomic E-state index is -0.173. The van der Waals surface area contributed by atoms with Crippen molar-refractivity contribution < 1.29 is 4.39 Å². The monoisotopic (exact) mass is 292 g/mol. The van der Waals surface area contributed by atoms with Crippen LogP contribution in [0.15, 0.2) is 54.6 Å². The lowest BCUT2D eigenvalue weighted by Gasteiger charge is -1.98. The first-order chi connectivity index (χ1) is 10.7. The third-order valence-corrected chi connectivity index (χ3v) is 3.39. The molecule has 2 aromatic carbocycles. The molecule has 0 amide bonds. The molecular weight excluding hydrogens is 271 g/mol. The summed E-state index contributed by atoms with van der Waals surface area (Å²) >= 11 is 0. The van der Waals surface area contributed by atoms with E-state index in [0.29, 0.717) is 12.0 Å². The van der Waals surface area contributed by atoms with Crippen molar-refractivity contribution in [3.63, 3.8) is 0 Å². The Morgan fingerprint density at radius 2 is 1.45 bits per heavy atom. The van der Waals surface area contributed by atoms with Crippen molar-refractivity contribution in [3.05, 3.63) is 76.9 Å². The molecule has 0 bridgehead atoms. The van der Waals surface area contributed by atoms with Crippen LogP contribution in [0.2, 0.25) is 0 Å². The van der Waals surface area contributed by atoms with Crippen LogP contribution in [-0.2, 0) is 6.42 Å². The van der Waals surface area contributed by atoms with Crippen molar-refractivity contribution in [2.45, 2.75) is 33.1 Å². The van der Waals surface area contributed by atoms with Crippen LogP contribution in [0.25, 0.3) is 5.83 Å². The third kappa shape index (κ3) is 4.60. The van der Waals surface area contributed by atoms with Gasteiger partial charge in [0.25, 0.3) is 0 Å². The zero-order valence-electron chi connectivity index (χ0n) is 13.2. The van der Waals surface area contributed by atoms with E-state index in [2.05, 4.69) is 43.0 Å². The van der Waals surface area contributed by atoms with E-state index in [0.717, 1.165) is 24.0 Å². The summed E-state index contributed by atoms with van der Waals surface area (Å²) < 4.78 is 13.6. The van der Waals surface area contributed by atoms with Gasteiger partial charge in [0.15, 0.2) is 0 Å². The highest BCUT2D eigenvalue weighted by molar-refractivity contribution is 5.60. The summed E-state index contributed by atoms with van der Waals surface area (Å²) in [6.45, 7) is 4.10. The Labute approximate surface area is 132 Å². The normalized spacial score (nSPS) is 11.0. The van der Waals surface area contributed by atoms with Crippen molar-refractivity contribution in [2.24, 2.45) is 0 Å². The largest absolute Gasteiger partial charge is 0.207 e. The molecule has 0 saturated carbocycles. The van der Waals surface area contributed by atoms with Gasteiger partial charge in [0.1, 0.15) is 5.83 Å².